The van der Waals surface area contributed by atoms with Gasteiger partial charge in [0.2, 0.25) is 0 Å². The lowest BCUT2D eigenvalue weighted by Crippen LogP contribution is -2.40. The Kier molecular flexibility index (Phi) is 4.22. The van der Waals surface area contributed by atoms with E-state index in [4.69, 9.17) is 0 Å². The van der Waals surface area contributed by atoms with Crippen molar-refractivity contribution in [3.63, 3.8) is 0 Å². The molecular weight excluding hydrogens is 350 g/mol. The van der Waals surface area contributed by atoms with Crippen molar-refractivity contribution >= 4 is 33.5 Å². The quantitative estimate of drug-likeness (QED) is 0.645. The Morgan fingerprint density at radius 1 is 1.35 bits per heavy atom. The summed E-state index contributed by atoms with van der Waals surface area (Å²) in [5.74, 6) is 0. The van der Waals surface area contributed by atoms with Crippen LogP contribution in [0.1, 0.15) is 32.6 Å². The summed E-state index contributed by atoms with van der Waals surface area (Å²) in [6.45, 7) is 3.35. The van der Waals surface area contributed by atoms with E-state index in [0.717, 1.165) is 30.3 Å². The fourth-order valence-corrected chi connectivity index (χ4v) is 4.62. The molecule has 2 aliphatic rings. The molecule has 1 N–H and O–H groups in total. The van der Waals surface area contributed by atoms with E-state index in [1.165, 1.54) is 19.2 Å². The van der Waals surface area contributed by atoms with Crippen molar-refractivity contribution < 1.29 is 8.42 Å². The molecule has 1 aromatic heterocycles. The molecule has 4 rings (SSSR count). The Hall–Kier alpha value is -2.35. The highest BCUT2D eigenvalue weighted by Crippen LogP contribution is 2.40. The number of nitrogens with zero attached hydrogens (tertiary/aromatic N) is 4. The Bertz CT molecular complexity index is 957. The summed E-state index contributed by atoms with van der Waals surface area (Å²) < 4.78 is 29.1. The van der Waals surface area contributed by atoms with Gasteiger partial charge in [-0.15, -0.1) is 4.40 Å². The van der Waals surface area contributed by atoms with Crippen LogP contribution in [-0.4, -0.2) is 49.2 Å². The molecule has 1 aromatic carbocycles. The third kappa shape index (κ3) is 3.09. The number of hydrazine groups is 1. The average molecular weight is 373 g/mol. The lowest BCUT2D eigenvalue weighted by Gasteiger charge is -2.29. The van der Waals surface area contributed by atoms with Gasteiger partial charge < -0.3 is 4.98 Å². The van der Waals surface area contributed by atoms with E-state index >= 15 is 0 Å². The second-order valence-corrected chi connectivity index (χ2v) is 8.66. The molecule has 1 fully saturated rings. The number of benzene rings is 1. The van der Waals surface area contributed by atoms with Gasteiger partial charge in [-0.25, -0.2) is 5.12 Å². The topological polar surface area (TPSA) is 81.1 Å². The Morgan fingerprint density at radius 2 is 2.15 bits per heavy atom. The molecule has 0 radical (unpaired) electrons. The fraction of sp³-hybridized carbons (Fsp3) is 0.444. The van der Waals surface area contributed by atoms with E-state index in [1.807, 2.05) is 24.3 Å². The summed E-state index contributed by atoms with van der Waals surface area (Å²) in [6, 6.07) is 6.81. The predicted molar refractivity (Wildman–Crippen MR) is 102 cm³/mol. The van der Waals surface area contributed by atoms with E-state index in [9.17, 15) is 8.42 Å². The molecule has 0 amide bonds. The SMILES string of the molecule is CCN(C=NS(=O)(=O)c1ccc2[nH]ccc2c1)N1CC2(C=N1)CCCC2. The Labute approximate surface area is 153 Å². The molecule has 0 unspecified atom stereocenters. The van der Waals surface area contributed by atoms with Crippen molar-refractivity contribution in [2.45, 2.75) is 37.5 Å². The second-order valence-electron chi connectivity index (χ2n) is 7.02. The molecular formula is C18H23N5O2S. The van der Waals surface area contributed by atoms with E-state index < -0.39 is 10.0 Å². The lowest BCUT2D eigenvalue weighted by atomic mass is 9.89. The van der Waals surface area contributed by atoms with Gasteiger partial charge in [0.25, 0.3) is 10.0 Å². The molecule has 1 aliphatic carbocycles. The Balaban J connectivity index is 1.52. The number of aromatic nitrogens is 1. The van der Waals surface area contributed by atoms with Crippen molar-refractivity contribution in [3.8, 4) is 0 Å². The van der Waals surface area contributed by atoms with Crippen molar-refractivity contribution in [2.75, 3.05) is 13.1 Å². The molecule has 26 heavy (non-hydrogen) atoms. The van der Waals surface area contributed by atoms with E-state index in [1.54, 1.807) is 29.4 Å². The Morgan fingerprint density at radius 3 is 2.92 bits per heavy atom. The van der Waals surface area contributed by atoms with Gasteiger partial charge in [0.15, 0.2) is 0 Å². The maximum Gasteiger partial charge on any atom is 0.283 e. The highest BCUT2D eigenvalue weighted by atomic mass is 32.2. The van der Waals surface area contributed by atoms with Crippen LogP contribution in [0, 0.1) is 5.41 Å². The van der Waals surface area contributed by atoms with Gasteiger partial charge in [0.1, 0.15) is 6.34 Å². The first-order valence-electron chi connectivity index (χ1n) is 8.98. The second kappa shape index (κ2) is 6.42. The zero-order valence-corrected chi connectivity index (χ0v) is 15.6. The highest BCUT2D eigenvalue weighted by Gasteiger charge is 2.39. The smallest absolute Gasteiger partial charge is 0.283 e. The monoisotopic (exact) mass is 373 g/mol. The minimum absolute atomic E-state index is 0.152. The number of hydrogen-bond donors (Lipinski definition) is 1. The fourth-order valence-electron chi connectivity index (χ4n) is 3.75. The molecule has 0 bridgehead atoms. The first-order chi connectivity index (χ1) is 12.5. The van der Waals surface area contributed by atoms with Gasteiger partial charge in [-0.1, -0.05) is 12.8 Å². The molecule has 2 aromatic rings. The molecule has 1 saturated carbocycles. The van der Waals surface area contributed by atoms with Gasteiger partial charge in [-0.3, -0.25) is 5.01 Å². The normalized spacial score (nSPS) is 19.3. The molecule has 0 atom stereocenters. The van der Waals surface area contributed by atoms with Crippen LogP contribution in [0.3, 0.4) is 0 Å². The summed E-state index contributed by atoms with van der Waals surface area (Å²) in [5.41, 5.74) is 1.05. The minimum Gasteiger partial charge on any atom is -0.361 e. The number of aromatic amines is 1. The van der Waals surface area contributed by atoms with E-state index in [0.29, 0.717) is 6.54 Å². The van der Waals surface area contributed by atoms with E-state index in [2.05, 4.69) is 14.5 Å². The number of H-pyrrole nitrogens is 1. The minimum atomic E-state index is -3.76. The number of rotatable bonds is 5. The number of hydrogen-bond acceptors (Lipinski definition) is 4. The maximum absolute atomic E-state index is 12.6. The third-order valence-corrected chi connectivity index (χ3v) is 6.50. The average Bonchev–Trinajstić information content (AvgIpc) is 3.37. The summed E-state index contributed by atoms with van der Waals surface area (Å²) in [6.07, 6.45) is 9.96. The maximum atomic E-state index is 12.6. The summed E-state index contributed by atoms with van der Waals surface area (Å²) in [7, 11) is -3.76. The molecule has 138 valence electrons. The first-order valence-corrected chi connectivity index (χ1v) is 10.4. The summed E-state index contributed by atoms with van der Waals surface area (Å²) in [5, 5.41) is 8.93. The van der Waals surface area contributed by atoms with Gasteiger partial charge in [0, 0.05) is 35.3 Å². The van der Waals surface area contributed by atoms with Gasteiger partial charge >= 0.3 is 0 Å². The zero-order chi connectivity index (χ0) is 18.2. The first kappa shape index (κ1) is 17.1. The van der Waals surface area contributed by atoms with Gasteiger partial charge in [-0.2, -0.15) is 13.5 Å². The van der Waals surface area contributed by atoms with Crippen LogP contribution in [0.5, 0.6) is 0 Å². The van der Waals surface area contributed by atoms with Crippen LogP contribution in [0.2, 0.25) is 0 Å². The molecule has 2 heterocycles. The van der Waals surface area contributed by atoms with Crippen molar-refractivity contribution in [3.05, 3.63) is 30.5 Å². The lowest BCUT2D eigenvalue weighted by molar-refractivity contribution is 0.0498. The van der Waals surface area contributed by atoms with Crippen LogP contribution >= 0.6 is 0 Å². The standard InChI is InChI=1S/C18H23N5O2S/c1-2-22(23-13-18(12-20-23)8-3-4-9-18)14-21-26(24,25)16-5-6-17-15(11-16)7-10-19-17/h5-7,10-12,14,19H,2-4,8-9,13H2,1H3. The predicted octanol–water partition coefficient (Wildman–Crippen LogP) is 2.98. The molecule has 1 aliphatic heterocycles. The van der Waals surface area contributed by atoms with Crippen molar-refractivity contribution in [2.24, 2.45) is 14.9 Å². The van der Waals surface area contributed by atoms with Crippen LogP contribution < -0.4 is 0 Å². The number of fused-ring (bicyclic) bond motifs is 1. The van der Waals surface area contributed by atoms with Crippen molar-refractivity contribution in [1.29, 1.82) is 0 Å². The van der Waals surface area contributed by atoms with Gasteiger partial charge in [0.05, 0.1) is 11.4 Å². The molecule has 0 saturated heterocycles. The van der Waals surface area contributed by atoms with Gasteiger partial charge in [-0.05, 0) is 44.0 Å². The summed E-state index contributed by atoms with van der Waals surface area (Å²) in [4.78, 5) is 3.24. The largest absolute Gasteiger partial charge is 0.361 e. The third-order valence-electron chi connectivity index (χ3n) is 5.28. The summed E-state index contributed by atoms with van der Waals surface area (Å²) >= 11 is 0. The number of hydrazone groups is 1. The van der Waals surface area contributed by atoms with Crippen LogP contribution in [0.25, 0.3) is 10.9 Å². The number of sulfonamides is 1. The molecule has 1 spiro atoms. The van der Waals surface area contributed by atoms with Crippen molar-refractivity contribution in [1.82, 2.24) is 15.1 Å². The van der Waals surface area contributed by atoms with E-state index in [-0.39, 0.29) is 10.3 Å². The molecule has 7 nitrogen and oxygen atoms in total. The van der Waals surface area contributed by atoms with Crippen LogP contribution in [-0.2, 0) is 10.0 Å². The van der Waals surface area contributed by atoms with Crippen LogP contribution in [0.15, 0.2) is 44.9 Å². The van der Waals surface area contributed by atoms with Crippen LogP contribution in [0.4, 0.5) is 0 Å². The number of nitrogens with one attached hydrogen (secondary N) is 1. The molecule has 8 heteroatoms. The zero-order valence-electron chi connectivity index (χ0n) is 14.8. The highest BCUT2D eigenvalue weighted by molar-refractivity contribution is 7.90.